The first-order valence-corrected chi connectivity index (χ1v) is 8.53. The Hall–Kier alpha value is -2.55. The number of carbonyl (C=O) groups excluding carboxylic acids is 1. The number of ether oxygens (including phenoxy) is 1. The highest BCUT2D eigenvalue weighted by Gasteiger charge is 2.26. The van der Waals surface area contributed by atoms with Gasteiger partial charge in [0.05, 0.1) is 18.9 Å². The third-order valence-corrected chi connectivity index (χ3v) is 4.65. The molecule has 2 aromatic heterocycles. The minimum absolute atomic E-state index is 0.130. The van der Waals surface area contributed by atoms with Gasteiger partial charge in [0, 0.05) is 45.2 Å². The van der Waals surface area contributed by atoms with Gasteiger partial charge in [0.1, 0.15) is 18.5 Å². The van der Waals surface area contributed by atoms with Crippen molar-refractivity contribution in [1.82, 2.24) is 29.6 Å². The van der Waals surface area contributed by atoms with E-state index in [0.29, 0.717) is 32.7 Å². The predicted molar refractivity (Wildman–Crippen MR) is 89.4 cm³/mol. The van der Waals surface area contributed by atoms with E-state index in [-0.39, 0.29) is 11.7 Å². The van der Waals surface area contributed by atoms with Crippen LogP contribution in [0.2, 0.25) is 0 Å². The molecule has 25 heavy (non-hydrogen) atoms. The Labute approximate surface area is 145 Å². The maximum Gasteiger partial charge on any atom is 0.293 e. The van der Waals surface area contributed by atoms with E-state index in [0.717, 1.165) is 36.6 Å². The zero-order valence-corrected chi connectivity index (χ0v) is 14.3. The molecule has 9 heteroatoms. The lowest BCUT2D eigenvalue weighted by atomic mass is 10.1. The van der Waals surface area contributed by atoms with Gasteiger partial charge in [-0.15, -0.1) is 5.10 Å². The topological polar surface area (TPSA) is 89.3 Å². The molecule has 132 valence electrons. The van der Waals surface area contributed by atoms with Gasteiger partial charge in [-0.1, -0.05) is 0 Å². The average molecular weight is 343 g/mol. The molecule has 0 spiro atoms. The molecule has 4 rings (SSSR count). The lowest BCUT2D eigenvalue weighted by molar-refractivity contribution is 0.0750. The van der Waals surface area contributed by atoms with Gasteiger partial charge in [0.2, 0.25) is 5.82 Å². The Bertz CT molecular complexity index is 770. The molecule has 0 unspecified atom stereocenters. The highest BCUT2D eigenvalue weighted by atomic mass is 16.5. The summed E-state index contributed by atoms with van der Waals surface area (Å²) in [5.74, 6) is 1.10. The van der Waals surface area contributed by atoms with Crippen molar-refractivity contribution in [2.45, 2.75) is 12.8 Å². The number of hydrogen-bond donors (Lipinski definition) is 0. The van der Waals surface area contributed by atoms with E-state index in [9.17, 15) is 4.79 Å². The van der Waals surface area contributed by atoms with Crippen molar-refractivity contribution >= 4 is 11.7 Å². The largest absolute Gasteiger partial charge is 0.378 e. The molecule has 2 aliphatic heterocycles. The number of carbonyl (C=O) groups is 1. The van der Waals surface area contributed by atoms with E-state index in [1.54, 1.807) is 29.3 Å². The highest BCUT2D eigenvalue weighted by Crippen LogP contribution is 2.24. The fourth-order valence-corrected chi connectivity index (χ4v) is 3.34. The Kier molecular flexibility index (Phi) is 4.31. The summed E-state index contributed by atoms with van der Waals surface area (Å²) < 4.78 is 6.98. The van der Waals surface area contributed by atoms with Crippen molar-refractivity contribution in [3.63, 3.8) is 0 Å². The smallest absolute Gasteiger partial charge is 0.293 e. The van der Waals surface area contributed by atoms with Gasteiger partial charge in [0.15, 0.2) is 0 Å². The monoisotopic (exact) mass is 343 g/mol. The van der Waals surface area contributed by atoms with Crippen molar-refractivity contribution in [3.05, 3.63) is 29.7 Å². The van der Waals surface area contributed by atoms with E-state index < -0.39 is 0 Å². The Morgan fingerprint density at radius 1 is 1.08 bits per heavy atom. The first-order chi connectivity index (χ1) is 12.2. The summed E-state index contributed by atoms with van der Waals surface area (Å²) >= 11 is 0. The molecular formula is C16H21N7O2. The molecular weight excluding hydrogens is 322 g/mol. The van der Waals surface area contributed by atoms with Crippen LogP contribution in [-0.2, 0) is 24.6 Å². The minimum atomic E-state index is -0.130. The molecule has 2 aliphatic rings. The molecule has 4 heterocycles. The zero-order valence-electron chi connectivity index (χ0n) is 14.3. The zero-order chi connectivity index (χ0) is 17.2. The second kappa shape index (κ2) is 6.75. The number of hydrogen-bond acceptors (Lipinski definition) is 7. The fourth-order valence-electron chi connectivity index (χ4n) is 3.34. The molecule has 0 N–H and O–H groups in total. The molecule has 0 saturated carbocycles. The van der Waals surface area contributed by atoms with Gasteiger partial charge in [0.25, 0.3) is 5.91 Å². The first-order valence-electron chi connectivity index (χ1n) is 8.53. The van der Waals surface area contributed by atoms with Crippen LogP contribution in [-0.4, -0.2) is 74.9 Å². The summed E-state index contributed by atoms with van der Waals surface area (Å²) in [5, 5.41) is 4.12. The van der Waals surface area contributed by atoms with E-state index in [1.165, 1.54) is 0 Å². The van der Waals surface area contributed by atoms with Crippen LogP contribution in [0.3, 0.4) is 0 Å². The van der Waals surface area contributed by atoms with Crippen LogP contribution in [0.25, 0.3) is 0 Å². The van der Waals surface area contributed by atoms with Gasteiger partial charge < -0.3 is 14.5 Å². The Morgan fingerprint density at radius 3 is 2.64 bits per heavy atom. The van der Waals surface area contributed by atoms with Crippen LogP contribution in [0.4, 0.5) is 5.82 Å². The SMILES string of the molecule is Cn1cnc(C(=O)N2CCc3ncnc(N4CCOCC4)c3CC2)n1. The van der Waals surface area contributed by atoms with E-state index in [4.69, 9.17) is 4.74 Å². The number of fused-ring (bicyclic) bond motifs is 1. The maximum atomic E-state index is 12.6. The molecule has 2 aromatic rings. The average Bonchev–Trinajstić information content (AvgIpc) is 2.96. The second-order valence-corrected chi connectivity index (χ2v) is 6.26. The summed E-state index contributed by atoms with van der Waals surface area (Å²) in [6.45, 7) is 4.34. The van der Waals surface area contributed by atoms with Gasteiger partial charge in [-0.2, -0.15) is 0 Å². The number of anilines is 1. The van der Waals surface area contributed by atoms with Crippen molar-refractivity contribution in [1.29, 1.82) is 0 Å². The molecule has 1 fully saturated rings. The molecule has 0 atom stereocenters. The predicted octanol–water partition coefficient (Wildman–Crippen LogP) is -0.317. The number of rotatable bonds is 2. The summed E-state index contributed by atoms with van der Waals surface area (Å²) in [4.78, 5) is 29.7. The van der Waals surface area contributed by atoms with Gasteiger partial charge in [-0.3, -0.25) is 9.48 Å². The van der Waals surface area contributed by atoms with Gasteiger partial charge >= 0.3 is 0 Å². The van der Waals surface area contributed by atoms with Crippen molar-refractivity contribution < 1.29 is 9.53 Å². The summed E-state index contributed by atoms with van der Waals surface area (Å²) in [7, 11) is 1.76. The molecule has 1 amide bonds. The van der Waals surface area contributed by atoms with Crippen LogP contribution < -0.4 is 4.90 Å². The summed E-state index contributed by atoms with van der Waals surface area (Å²) in [6.07, 6.45) is 4.62. The third-order valence-electron chi connectivity index (χ3n) is 4.65. The summed E-state index contributed by atoms with van der Waals surface area (Å²) in [5.41, 5.74) is 2.18. The minimum Gasteiger partial charge on any atom is -0.378 e. The fraction of sp³-hybridized carbons (Fsp3) is 0.562. The van der Waals surface area contributed by atoms with Crippen molar-refractivity contribution in [3.8, 4) is 0 Å². The quantitative estimate of drug-likeness (QED) is 0.738. The summed E-state index contributed by atoms with van der Waals surface area (Å²) in [6, 6.07) is 0. The van der Waals surface area contributed by atoms with Crippen molar-refractivity contribution in [2.24, 2.45) is 7.05 Å². The van der Waals surface area contributed by atoms with E-state index in [1.807, 2.05) is 0 Å². The lowest BCUT2D eigenvalue weighted by Crippen LogP contribution is -2.37. The molecule has 0 bridgehead atoms. The van der Waals surface area contributed by atoms with Crippen LogP contribution >= 0.6 is 0 Å². The van der Waals surface area contributed by atoms with Crippen LogP contribution in [0.15, 0.2) is 12.7 Å². The third kappa shape index (κ3) is 3.19. The number of aryl methyl sites for hydroxylation is 1. The molecule has 0 aromatic carbocycles. The molecule has 0 radical (unpaired) electrons. The van der Waals surface area contributed by atoms with E-state index in [2.05, 4.69) is 25.0 Å². The Balaban J connectivity index is 1.54. The molecule has 0 aliphatic carbocycles. The van der Waals surface area contributed by atoms with Crippen LogP contribution in [0.1, 0.15) is 21.9 Å². The lowest BCUT2D eigenvalue weighted by Gasteiger charge is -2.29. The number of aromatic nitrogens is 5. The standard InChI is InChI=1S/C16H21N7O2/c1-21-11-19-14(20-21)16(24)23-4-2-12-13(3-5-23)17-10-18-15(12)22-6-8-25-9-7-22/h10-11H,2-9H2,1H3. The number of morpholine rings is 1. The molecule has 1 saturated heterocycles. The second-order valence-electron chi connectivity index (χ2n) is 6.26. The van der Waals surface area contributed by atoms with E-state index >= 15 is 0 Å². The first kappa shape index (κ1) is 15.9. The normalized spacial score (nSPS) is 18.0. The number of nitrogens with zero attached hydrogens (tertiary/aromatic N) is 7. The van der Waals surface area contributed by atoms with Crippen LogP contribution in [0.5, 0.6) is 0 Å². The van der Waals surface area contributed by atoms with Gasteiger partial charge in [-0.05, 0) is 6.42 Å². The number of amides is 1. The van der Waals surface area contributed by atoms with Gasteiger partial charge in [-0.25, -0.2) is 15.0 Å². The maximum absolute atomic E-state index is 12.6. The van der Waals surface area contributed by atoms with Crippen molar-refractivity contribution in [2.75, 3.05) is 44.3 Å². The molecule has 9 nitrogen and oxygen atoms in total. The van der Waals surface area contributed by atoms with Crippen LogP contribution in [0, 0.1) is 0 Å². The highest BCUT2D eigenvalue weighted by molar-refractivity contribution is 5.90. The Morgan fingerprint density at radius 2 is 1.88 bits per heavy atom.